The van der Waals surface area contributed by atoms with Gasteiger partial charge in [-0.3, -0.25) is 4.79 Å². The summed E-state index contributed by atoms with van der Waals surface area (Å²) in [6, 6.07) is 8.21. The van der Waals surface area contributed by atoms with Crippen molar-refractivity contribution in [1.29, 1.82) is 5.26 Å². The summed E-state index contributed by atoms with van der Waals surface area (Å²) in [6.07, 6.45) is 0. The van der Waals surface area contributed by atoms with Crippen LogP contribution < -0.4 is 15.9 Å². The van der Waals surface area contributed by atoms with Crippen molar-refractivity contribution in [2.75, 3.05) is 0 Å². The number of aryl methyl sites for hydroxylation is 1. The van der Waals surface area contributed by atoms with Crippen molar-refractivity contribution in [1.82, 2.24) is 0 Å². The average molecular weight is 349 g/mol. The van der Waals surface area contributed by atoms with E-state index in [1.807, 2.05) is 6.07 Å². The molecule has 1 aliphatic heterocycles. The van der Waals surface area contributed by atoms with E-state index in [9.17, 15) is 10.1 Å². The number of halogens is 2. The van der Waals surface area contributed by atoms with Gasteiger partial charge in [0.2, 0.25) is 5.88 Å². The summed E-state index contributed by atoms with van der Waals surface area (Å²) in [5.74, 6) is -0.671. The van der Waals surface area contributed by atoms with Gasteiger partial charge in [0.15, 0.2) is 5.43 Å². The van der Waals surface area contributed by atoms with E-state index >= 15 is 0 Å². The van der Waals surface area contributed by atoms with Crippen molar-refractivity contribution in [3.05, 3.63) is 72.9 Å². The number of nitrogens with two attached hydrogens (primary N) is 1. The molecule has 0 spiro atoms. The highest BCUT2D eigenvalue weighted by Crippen LogP contribution is 2.45. The first-order chi connectivity index (χ1) is 10.9. The molecule has 5 nitrogen and oxygen atoms in total. The number of allylic oxidation sites excluding steroid dienone is 1. The lowest BCUT2D eigenvalue weighted by atomic mass is 9.84. The minimum atomic E-state index is -0.846. The molecule has 0 saturated carbocycles. The van der Waals surface area contributed by atoms with Gasteiger partial charge in [0.1, 0.15) is 17.4 Å². The van der Waals surface area contributed by atoms with E-state index in [1.54, 1.807) is 25.1 Å². The third-order valence-corrected chi connectivity index (χ3v) is 4.19. The van der Waals surface area contributed by atoms with Crippen LogP contribution in [-0.4, -0.2) is 0 Å². The van der Waals surface area contributed by atoms with Crippen LogP contribution in [0, 0.1) is 18.3 Å². The molecule has 2 N–H and O–H groups in total. The van der Waals surface area contributed by atoms with Crippen molar-refractivity contribution in [2.24, 2.45) is 5.73 Å². The lowest BCUT2D eigenvalue weighted by Gasteiger charge is -2.25. The molecule has 0 radical (unpaired) electrons. The normalized spacial score (nSPS) is 16.5. The first kappa shape index (κ1) is 15.5. The molecule has 1 aliphatic rings. The van der Waals surface area contributed by atoms with Crippen LogP contribution in [0.4, 0.5) is 0 Å². The summed E-state index contributed by atoms with van der Waals surface area (Å²) in [6.45, 7) is 1.61. The van der Waals surface area contributed by atoms with Gasteiger partial charge in [-0.2, -0.15) is 5.26 Å². The van der Waals surface area contributed by atoms with Gasteiger partial charge in [0.25, 0.3) is 5.95 Å². The first-order valence-corrected chi connectivity index (χ1v) is 7.35. The van der Waals surface area contributed by atoms with E-state index in [1.165, 1.54) is 6.07 Å². The minimum Gasteiger partial charge on any atom is -0.430 e. The van der Waals surface area contributed by atoms with Crippen LogP contribution >= 0.6 is 23.2 Å². The summed E-state index contributed by atoms with van der Waals surface area (Å²) >= 11 is 12.5. The number of benzene rings is 1. The number of rotatable bonds is 1. The van der Waals surface area contributed by atoms with Gasteiger partial charge in [-0.15, -0.1) is 0 Å². The lowest BCUT2D eigenvalue weighted by Crippen LogP contribution is -2.26. The molecule has 0 amide bonds. The maximum Gasteiger partial charge on any atom is 0.299 e. The van der Waals surface area contributed by atoms with E-state index in [0.29, 0.717) is 21.4 Å². The molecule has 0 aliphatic carbocycles. The average Bonchev–Trinajstić information content (AvgIpc) is 2.46. The smallest absolute Gasteiger partial charge is 0.299 e. The third kappa shape index (κ3) is 2.46. The first-order valence-electron chi connectivity index (χ1n) is 6.60. The van der Waals surface area contributed by atoms with Crippen LogP contribution in [0.15, 0.2) is 44.9 Å². The standard InChI is InChI=1S/C16H10Cl2N2O3/c1-7-5-11(21)14-12(13-9(17)3-2-4-10(13)18)8(6-19)15(20)23-16(14)22-7/h2-5,12H,20H2,1H3. The van der Waals surface area contributed by atoms with Crippen LogP contribution in [0.25, 0.3) is 0 Å². The van der Waals surface area contributed by atoms with Gasteiger partial charge in [-0.1, -0.05) is 29.3 Å². The number of fused-ring (bicyclic) bond motifs is 1. The van der Waals surface area contributed by atoms with Crippen LogP contribution in [0.2, 0.25) is 10.0 Å². The Hall–Kier alpha value is -2.42. The van der Waals surface area contributed by atoms with Gasteiger partial charge in [-0.25, -0.2) is 0 Å². The predicted molar refractivity (Wildman–Crippen MR) is 85.5 cm³/mol. The Labute approximate surface area is 141 Å². The Morgan fingerprint density at radius 3 is 2.52 bits per heavy atom. The molecule has 0 bridgehead atoms. The SMILES string of the molecule is Cc1cc(=O)c2c(o1)OC(N)=C(C#N)C2c1c(Cl)cccc1Cl. The van der Waals surface area contributed by atoms with E-state index in [-0.39, 0.29) is 28.4 Å². The zero-order valence-electron chi connectivity index (χ0n) is 11.9. The Bertz CT molecular complexity index is 921. The molecule has 0 fully saturated rings. The van der Waals surface area contributed by atoms with Crippen molar-refractivity contribution in [2.45, 2.75) is 12.8 Å². The van der Waals surface area contributed by atoms with Gasteiger partial charge in [0, 0.05) is 21.7 Å². The Balaban J connectivity index is 2.40. The third-order valence-electron chi connectivity index (χ3n) is 3.53. The summed E-state index contributed by atoms with van der Waals surface area (Å²) in [5.41, 5.74) is 6.10. The highest BCUT2D eigenvalue weighted by atomic mass is 35.5. The second kappa shape index (κ2) is 5.65. The molecule has 1 atom stereocenters. The van der Waals surface area contributed by atoms with Gasteiger partial charge >= 0.3 is 0 Å². The van der Waals surface area contributed by atoms with E-state index < -0.39 is 5.92 Å². The van der Waals surface area contributed by atoms with Gasteiger partial charge in [0.05, 0.1) is 11.5 Å². The van der Waals surface area contributed by atoms with Gasteiger partial charge < -0.3 is 14.9 Å². The number of nitriles is 1. The van der Waals surface area contributed by atoms with Crippen molar-refractivity contribution in [3.63, 3.8) is 0 Å². The van der Waals surface area contributed by atoms with E-state index in [0.717, 1.165) is 0 Å². The van der Waals surface area contributed by atoms with Crippen molar-refractivity contribution in [3.8, 4) is 12.0 Å². The molecule has 1 aromatic carbocycles. The number of nitrogens with zero attached hydrogens (tertiary/aromatic N) is 1. The molecule has 116 valence electrons. The Morgan fingerprint density at radius 1 is 1.26 bits per heavy atom. The van der Waals surface area contributed by atoms with Crippen LogP contribution in [-0.2, 0) is 0 Å². The molecule has 0 saturated heterocycles. The Kier molecular flexibility index (Phi) is 3.80. The fourth-order valence-electron chi connectivity index (χ4n) is 2.57. The van der Waals surface area contributed by atoms with Crippen LogP contribution in [0.5, 0.6) is 5.95 Å². The van der Waals surface area contributed by atoms with Crippen molar-refractivity contribution >= 4 is 23.2 Å². The van der Waals surface area contributed by atoms with Crippen LogP contribution in [0.1, 0.15) is 22.8 Å². The summed E-state index contributed by atoms with van der Waals surface area (Å²) < 4.78 is 10.8. The largest absolute Gasteiger partial charge is 0.430 e. The minimum absolute atomic E-state index is 0.0486. The highest BCUT2D eigenvalue weighted by molar-refractivity contribution is 6.36. The number of hydrogen-bond donors (Lipinski definition) is 1. The Morgan fingerprint density at radius 2 is 1.91 bits per heavy atom. The molecular weight excluding hydrogens is 339 g/mol. The highest BCUT2D eigenvalue weighted by Gasteiger charge is 2.37. The zero-order valence-corrected chi connectivity index (χ0v) is 13.4. The van der Waals surface area contributed by atoms with Crippen molar-refractivity contribution < 1.29 is 9.15 Å². The maximum atomic E-state index is 12.5. The summed E-state index contributed by atoms with van der Waals surface area (Å²) in [4.78, 5) is 12.5. The predicted octanol–water partition coefficient (Wildman–Crippen LogP) is 3.47. The molecule has 7 heteroatoms. The van der Waals surface area contributed by atoms with Gasteiger partial charge in [-0.05, 0) is 19.1 Å². The molecule has 2 aromatic rings. The van der Waals surface area contributed by atoms with E-state index in [4.69, 9.17) is 38.1 Å². The van der Waals surface area contributed by atoms with Crippen LogP contribution in [0.3, 0.4) is 0 Å². The quantitative estimate of drug-likeness (QED) is 0.851. The molecule has 1 unspecified atom stereocenters. The molecule has 23 heavy (non-hydrogen) atoms. The number of hydrogen-bond acceptors (Lipinski definition) is 5. The van der Waals surface area contributed by atoms with E-state index in [2.05, 4.69) is 0 Å². The maximum absolute atomic E-state index is 12.5. The monoisotopic (exact) mass is 348 g/mol. The molecule has 2 heterocycles. The fourth-order valence-corrected chi connectivity index (χ4v) is 3.18. The summed E-state index contributed by atoms with van der Waals surface area (Å²) in [5, 5.41) is 10.1. The second-order valence-electron chi connectivity index (χ2n) is 4.98. The molecule has 3 rings (SSSR count). The number of ether oxygens (including phenoxy) is 1. The second-order valence-corrected chi connectivity index (χ2v) is 5.80. The lowest BCUT2D eigenvalue weighted by molar-refractivity contribution is 0.275. The zero-order chi connectivity index (χ0) is 16.7. The molecule has 1 aromatic heterocycles. The molecular formula is C16H10Cl2N2O3. The summed E-state index contributed by atoms with van der Waals surface area (Å²) in [7, 11) is 0. The fraction of sp³-hybridized carbons (Fsp3) is 0.125. The topological polar surface area (TPSA) is 89.2 Å².